The summed E-state index contributed by atoms with van der Waals surface area (Å²) in [5.74, 6) is 5.62. The first-order valence-electron chi connectivity index (χ1n) is 8.84. The van der Waals surface area contributed by atoms with E-state index in [4.69, 9.17) is 17.3 Å². The normalized spacial score (nSPS) is 12.0. The lowest BCUT2D eigenvalue weighted by molar-refractivity contribution is 0.966. The largest absolute Gasteiger partial charge is 0.399 e. The van der Waals surface area contributed by atoms with Crippen molar-refractivity contribution in [3.8, 4) is 0 Å². The Hall–Kier alpha value is -2.98. The molecule has 0 bridgehead atoms. The molecule has 0 spiro atoms. The first-order valence-corrected chi connectivity index (χ1v) is 8.84. The molecule has 26 heavy (non-hydrogen) atoms. The second kappa shape index (κ2) is 7.50. The zero-order chi connectivity index (χ0) is 18.7. The van der Waals surface area contributed by atoms with Crippen LogP contribution in [0.2, 0.25) is 0 Å². The molecule has 0 amide bonds. The first-order chi connectivity index (χ1) is 12.5. The van der Waals surface area contributed by atoms with Crippen molar-refractivity contribution in [2.45, 2.75) is 26.2 Å². The highest BCUT2D eigenvalue weighted by Gasteiger charge is 2.18. The van der Waals surface area contributed by atoms with Gasteiger partial charge in [0.25, 0.3) is 0 Å². The Balaban J connectivity index is 2.16. The zero-order valence-corrected chi connectivity index (χ0v) is 15.3. The lowest BCUT2D eigenvalue weighted by atomic mass is 9.83. The van der Waals surface area contributed by atoms with E-state index in [-0.39, 0.29) is 5.92 Å². The molecule has 3 aromatic carbocycles. The first kappa shape index (κ1) is 17.8. The second-order valence-electron chi connectivity index (χ2n) is 6.63. The predicted molar refractivity (Wildman–Crippen MR) is 111 cm³/mol. The molecule has 4 nitrogen and oxygen atoms in total. The molecular formula is C22H26N4. The molecule has 0 radical (unpaired) electrons. The van der Waals surface area contributed by atoms with Crippen molar-refractivity contribution in [2.24, 2.45) is 5.84 Å². The average Bonchev–Trinajstić information content (AvgIpc) is 2.66. The Morgan fingerprint density at radius 3 is 1.96 bits per heavy atom. The molecule has 7 N–H and O–H groups in total. The number of hydrogen-bond donors (Lipinski definition) is 4. The van der Waals surface area contributed by atoms with Gasteiger partial charge in [-0.15, -0.1) is 0 Å². The highest BCUT2D eigenvalue weighted by Crippen LogP contribution is 2.35. The summed E-state index contributed by atoms with van der Waals surface area (Å²) in [6.07, 6.45) is 0.906. The van der Waals surface area contributed by atoms with Crippen molar-refractivity contribution in [1.29, 1.82) is 0 Å². The van der Waals surface area contributed by atoms with Gasteiger partial charge in [-0.2, -0.15) is 0 Å². The van der Waals surface area contributed by atoms with Gasteiger partial charge in [-0.25, -0.2) is 0 Å². The fourth-order valence-electron chi connectivity index (χ4n) is 3.34. The SMILES string of the molecule is CCc1cc(C(c2ccc(NN)cc2)c2ccc(N)c(C)c2)ccc1N. The van der Waals surface area contributed by atoms with E-state index in [0.717, 1.165) is 29.0 Å². The Kier molecular flexibility index (Phi) is 5.14. The maximum Gasteiger partial charge on any atom is 0.0485 e. The Labute approximate surface area is 155 Å². The number of nitrogens with one attached hydrogen (secondary N) is 1. The van der Waals surface area contributed by atoms with Gasteiger partial charge in [0.1, 0.15) is 0 Å². The fraction of sp³-hybridized carbons (Fsp3) is 0.182. The van der Waals surface area contributed by atoms with Crippen LogP contribution in [0.4, 0.5) is 17.1 Å². The van der Waals surface area contributed by atoms with Crippen LogP contribution in [-0.4, -0.2) is 0 Å². The molecule has 0 saturated carbocycles. The van der Waals surface area contributed by atoms with E-state index in [0.29, 0.717) is 0 Å². The number of anilines is 3. The molecule has 0 aromatic heterocycles. The standard InChI is InChI=1S/C22H26N4/c1-3-15-13-18(7-11-21(15)24)22(16-4-8-19(26-25)9-5-16)17-6-10-20(23)14(2)12-17/h4-13,22,26H,3,23-25H2,1-2H3. The maximum atomic E-state index is 6.12. The van der Waals surface area contributed by atoms with E-state index in [1.54, 1.807) is 0 Å². The van der Waals surface area contributed by atoms with Gasteiger partial charge in [-0.3, -0.25) is 5.84 Å². The molecule has 0 aliphatic heterocycles. The van der Waals surface area contributed by atoms with Gasteiger partial charge in [0, 0.05) is 23.0 Å². The van der Waals surface area contributed by atoms with Crippen LogP contribution in [0.1, 0.15) is 40.7 Å². The van der Waals surface area contributed by atoms with Gasteiger partial charge in [0.05, 0.1) is 0 Å². The number of nitrogen functional groups attached to an aromatic ring is 3. The predicted octanol–water partition coefficient (Wildman–Crippen LogP) is 4.19. The van der Waals surface area contributed by atoms with Crippen molar-refractivity contribution in [2.75, 3.05) is 16.9 Å². The second-order valence-corrected chi connectivity index (χ2v) is 6.63. The fourth-order valence-corrected chi connectivity index (χ4v) is 3.34. The van der Waals surface area contributed by atoms with Crippen molar-refractivity contribution < 1.29 is 0 Å². The molecule has 134 valence electrons. The molecular weight excluding hydrogens is 320 g/mol. The van der Waals surface area contributed by atoms with Crippen molar-refractivity contribution in [3.63, 3.8) is 0 Å². The van der Waals surface area contributed by atoms with E-state index in [9.17, 15) is 0 Å². The minimum absolute atomic E-state index is 0.104. The Morgan fingerprint density at radius 2 is 1.38 bits per heavy atom. The number of benzene rings is 3. The molecule has 3 aromatic rings. The lowest BCUT2D eigenvalue weighted by Gasteiger charge is -2.21. The van der Waals surface area contributed by atoms with Crippen LogP contribution in [0.15, 0.2) is 60.7 Å². The number of aryl methyl sites for hydroxylation is 2. The quantitative estimate of drug-likeness (QED) is 0.241. The molecule has 4 heteroatoms. The number of rotatable bonds is 5. The lowest BCUT2D eigenvalue weighted by Crippen LogP contribution is -2.08. The highest BCUT2D eigenvalue weighted by molar-refractivity contribution is 5.56. The Morgan fingerprint density at radius 1 is 0.808 bits per heavy atom. The topological polar surface area (TPSA) is 90.1 Å². The summed E-state index contributed by atoms with van der Waals surface area (Å²) in [7, 11) is 0. The Bertz CT molecular complexity index is 901. The molecule has 0 aliphatic carbocycles. The summed E-state index contributed by atoms with van der Waals surface area (Å²) in [5, 5.41) is 0. The molecule has 0 heterocycles. The number of hydrazine groups is 1. The molecule has 1 atom stereocenters. The molecule has 3 rings (SSSR count). The van der Waals surface area contributed by atoms with Crippen molar-refractivity contribution >= 4 is 17.1 Å². The van der Waals surface area contributed by atoms with Crippen molar-refractivity contribution in [1.82, 2.24) is 0 Å². The van der Waals surface area contributed by atoms with E-state index in [1.807, 2.05) is 31.2 Å². The molecule has 1 unspecified atom stereocenters. The van der Waals surface area contributed by atoms with E-state index in [1.165, 1.54) is 22.3 Å². The molecule has 0 aliphatic rings. The number of nitrogens with two attached hydrogens (primary N) is 3. The summed E-state index contributed by atoms with van der Waals surface area (Å²) >= 11 is 0. The minimum Gasteiger partial charge on any atom is -0.399 e. The van der Waals surface area contributed by atoms with Gasteiger partial charge in [-0.05, 0) is 65.4 Å². The summed E-state index contributed by atoms with van der Waals surface area (Å²) < 4.78 is 0. The van der Waals surface area contributed by atoms with Gasteiger partial charge in [0.2, 0.25) is 0 Å². The maximum absolute atomic E-state index is 6.12. The van der Waals surface area contributed by atoms with Crippen LogP contribution in [0, 0.1) is 6.92 Å². The highest BCUT2D eigenvalue weighted by atomic mass is 15.2. The molecule has 0 fully saturated rings. The summed E-state index contributed by atoms with van der Waals surface area (Å²) in [4.78, 5) is 0. The van der Waals surface area contributed by atoms with E-state index < -0.39 is 0 Å². The van der Waals surface area contributed by atoms with Gasteiger partial charge >= 0.3 is 0 Å². The van der Waals surface area contributed by atoms with E-state index in [2.05, 4.69) is 48.7 Å². The third-order valence-electron chi connectivity index (χ3n) is 4.92. The zero-order valence-electron chi connectivity index (χ0n) is 15.3. The van der Waals surface area contributed by atoms with Crippen LogP contribution >= 0.6 is 0 Å². The summed E-state index contributed by atoms with van der Waals surface area (Å²) in [6, 6.07) is 20.8. The number of hydrogen-bond acceptors (Lipinski definition) is 4. The summed E-state index contributed by atoms with van der Waals surface area (Å²) in [5.41, 5.74) is 23.2. The third-order valence-corrected chi connectivity index (χ3v) is 4.92. The van der Waals surface area contributed by atoms with Crippen LogP contribution in [0.3, 0.4) is 0 Å². The average molecular weight is 346 g/mol. The van der Waals surface area contributed by atoms with Crippen LogP contribution in [0.25, 0.3) is 0 Å². The monoisotopic (exact) mass is 346 g/mol. The van der Waals surface area contributed by atoms with E-state index >= 15 is 0 Å². The minimum atomic E-state index is 0.104. The third kappa shape index (κ3) is 3.51. The van der Waals surface area contributed by atoms with Gasteiger partial charge < -0.3 is 16.9 Å². The van der Waals surface area contributed by atoms with Crippen LogP contribution in [0.5, 0.6) is 0 Å². The van der Waals surface area contributed by atoms with Gasteiger partial charge in [0.15, 0.2) is 0 Å². The smallest absolute Gasteiger partial charge is 0.0485 e. The van der Waals surface area contributed by atoms with Crippen molar-refractivity contribution in [3.05, 3.63) is 88.5 Å². The summed E-state index contributed by atoms with van der Waals surface area (Å²) in [6.45, 7) is 4.16. The van der Waals surface area contributed by atoms with Gasteiger partial charge in [-0.1, -0.05) is 43.3 Å². The van der Waals surface area contributed by atoms with Crippen LogP contribution in [-0.2, 0) is 6.42 Å². The molecule has 0 saturated heterocycles. The van der Waals surface area contributed by atoms with Crippen LogP contribution < -0.4 is 22.7 Å².